The second-order valence-electron chi connectivity index (χ2n) is 9.15. The molecule has 6 heteroatoms. The van der Waals surface area contributed by atoms with Crippen molar-refractivity contribution in [3.63, 3.8) is 0 Å². The molecule has 35 heavy (non-hydrogen) atoms. The number of carbonyl (C=O) groups excluding carboxylic acids is 2. The Morgan fingerprint density at radius 2 is 1.69 bits per heavy atom. The number of anilines is 2. The van der Waals surface area contributed by atoms with E-state index in [1.54, 1.807) is 24.3 Å². The molecular weight excluding hydrogens is 436 g/mol. The summed E-state index contributed by atoms with van der Waals surface area (Å²) in [7, 11) is 0. The summed E-state index contributed by atoms with van der Waals surface area (Å²) in [5, 5.41) is 2.96. The van der Waals surface area contributed by atoms with Gasteiger partial charge in [-0.15, -0.1) is 0 Å². The van der Waals surface area contributed by atoms with Gasteiger partial charge in [0.1, 0.15) is 5.82 Å². The number of fused-ring (bicyclic) bond motifs is 3. The average Bonchev–Trinajstić information content (AvgIpc) is 3.17. The van der Waals surface area contributed by atoms with Gasteiger partial charge in [0.15, 0.2) is 0 Å². The Bertz CT molecular complexity index is 1400. The number of hydrogen-bond donors (Lipinski definition) is 2. The van der Waals surface area contributed by atoms with Gasteiger partial charge >= 0.3 is 0 Å². The third-order valence-electron chi connectivity index (χ3n) is 6.39. The van der Waals surface area contributed by atoms with E-state index in [1.165, 1.54) is 0 Å². The molecule has 0 aliphatic carbocycles. The third kappa shape index (κ3) is 4.35. The lowest BCUT2D eigenvalue weighted by molar-refractivity contribution is 0.0986. The van der Waals surface area contributed by atoms with Crippen LogP contribution in [-0.2, 0) is 6.42 Å². The summed E-state index contributed by atoms with van der Waals surface area (Å²) >= 11 is 0. The van der Waals surface area contributed by atoms with Gasteiger partial charge in [-0.2, -0.15) is 0 Å². The van der Waals surface area contributed by atoms with Crippen LogP contribution < -0.4 is 10.2 Å². The molecule has 1 aliphatic rings. The highest BCUT2D eigenvalue weighted by Gasteiger charge is 2.26. The zero-order chi connectivity index (χ0) is 24.5. The fraction of sp³-hybridized carbons (Fsp3) is 0.207. The highest BCUT2D eigenvalue weighted by molar-refractivity contribution is 6.09. The number of aryl methyl sites for hydroxylation is 1. The molecule has 0 saturated heterocycles. The molecule has 3 aromatic carbocycles. The maximum absolute atomic E-state index is 13.5. The number of hydrogen-bond acceptors (Lipinski definition) is 3. The SMILES string of the molecule is Cc1nc2c([nH]1)CCN(C(=O)c1ccc(NC(=O)c3ccccc3C(C)C)cc1)c1ccccc1-2. The second kappa shape index (κ2) is 9.22. The van der Waals surface area contributed by atoms with E-state index in [9.17, 15) is 9.59 Å². The Kier molecular flexibility index (Phi) is 5.95. The second-order valence-corrected chi connectivity index (χ2v) is 9.15. The standard InChI is InChI=1S/C29H28N4O2/c1-18(2)22-8-4-5-9-23(22)28(34)32-21-14-12-20(13-15-21)29(35)33-17-16-25-27(31-19(3)30-25)24-10-6-7-11-26(24)33/h4-15,18H,16-17H2,1-3H3,(H,30,31)(H,32,34). The Morgan fingerprint density at radius 3 is 2.46 bits per heavy atom. The van der Waals surface area contributed by atoms with Gasteiger partial charge in [-0.3, -0.25) is 9.59 Å². The molecule has 4 aromatic rings. The number of imidazole rings is 1. The van der Waals surface area contributed by atoms with Crippen molar-refractivity contribution in [3.05, 3.63) is 101 Å². The number of H-pyrrole nitrogens is 1. The van der Waals surface area contributed by atoms with Crippen molar-refractivity contribution < 1.29 is 9.59 Å². The fourth-order valence-electron chi connectivity index (χ4n) is 4.67. The molecule has 2 N–H and O–H groups in total. The minimum atomic E-state index is -0.154. The smallest absolute Gasteiger partial charge is 0.258 e. The number of nitrogens with zero attached hydrogens (tertiary/aromatic N) is 2. The maximum atomic E-state index is 13.5. The van der Waals surface area contributed by atoms with E-state index in [0.717, 1.165) is 34.0 Å². The fourth-order valence-corrected chi connectivity index (χ4v) is 4.67. The molecule has 176 valence electrons. The van der Waals surface area contributed by atoms with Crippen LogP contribution in [0.5, 0.6) is 0 Å². The molecule has 0 saturated carbocycles. The van der Waals surface area contributed by atoms with Gasteiger partial charge in [0.25, 0.3) is 11.8 Å². The lowest BCUT2D eigenvalue weighted by atomic mass is 9.97. The van der Waals surface area contributed by atoms with E-state index in [2.05, 4.69) is 29.1 Å². The van der Waals surface area contributed by atoms with Crippen LogP contribution >= 0.6 is 0 Å². The van der Waals surface area contributed by atoms with Crippen LogP contribution in [0, 0.1) is 6.92 Å². The van der Waals surface area contributed by atoms with Gasteiger partial charge in [-0.25, -0.2) is 4.98 Å². The first-order valence-electron chi connectivity index (χ1n) is 11.9. The molecule has 1 aliphatic heterocycles. The van der Waals surface area contributed by atoms with Crippen LogP contribution in [0.25, 0.3) is 11.3 Å². The molecule has 2 heterocycles. The molecule has 2 amide bonds. The third-order valence-corrected chi connectivity index (χ3v) is 6.39. The lowest BCUT2D eigenvalue weighted by Crippen LogP contribution is -2.32. The van der Waals surface area contributed by atoms with Crippen LogP contribution in [0.3, 0.4) is 0 Å². The number of nitrogens with one attached hydrogen (secondary N) is 2. The van der Waals surface area contributed by atoms with Gasteiger partial charge in [0.05, 0.1) is 11.4 Å². The zero-order valence-corrected chi connectivity index (χ0v) is 20.1. The number of para-hydroxylation sites is 1. The van der Waals surface area contributed by atoms with Crippen molar-refractivity contribution >= 4 is 23.2 Å². The molecule has 0 bridgehead atoms. The maximum Gasteiger partial charge on any atom is 0.258 e. The summed E-state index contributed by atoms with van der Waals surface area (Å²) in [6.45, 7) is 6.64. The summed E-state index contributed by atoms with van der Waals surface area (Å²) in [5.74, 6) is 0.883. The minimum Gasteiger partial charge on any atom is -0.346 e. The first kappa shape index (κ1) is 22.6. The van der Waals surface area contributed by atoms with Crippen LogP contribution in [0.1, 0.15) is 57.6 Å². The molecule has 5 rings (SSSR count). The molecule has 6 nitrogen and oxygen atoms in total. The normalized spacial score (nSPS) is 12.6. The van der Waals surface area contributed by atoms with Crippen LogP contribution in [0.4, 0.5) is 11.4 Å². The van der Waals surface area contributed by atoms with E-state index in [-0.39, 0.29) is 17.7 Å². The summed E-state index contributed by atoms with van der Waals surface area (Å²) < 4.78 is 0. The van der Waals surface area contributed by atoms with E-state index in [1.807, 2.05) is 60.4 Å². The number of benzene rings is 3. The average molecular weight is 465 g/mol. The molecule has 0 fully saturated rings. The van der Waals surface area contributed by atoms with Gasteiger partial charge in [0.2, 0.25) is 0 Å². The van der Waals surface area contributed by atoms with Crippen molar-refractivity contribution in [1.29, 1.82) is 0 Å². The number of aromatic amines is 1. The lowest BCUT2D eigenvalue weighted by Gasteiger charge is -2.23. The molecular formula is C29H28N4O2. The van der Waals surface area contributed by atoms with E-state index in [4.69, 9.17) is 0 Å². The molecule has 0 atom stereocenters. The predicted molar refractivity (Wildman–Crippen MR) is 139 cm³/mol. The van der Waals surface area contributed by atoms with Crippen molar-refractivity contribution in [2.45, 2.75) is 33.1 Å². The van der Waals surface area contributed by atoms with Gasteiger partial charge < -0.3 is 15.2 Å². The van der Waals surface area contributed by atoms with E-state index >= 15 is 0 Å². The van der Waals surface area contributed by atoms with Gasteiger partial charge in [-0.05, 0) is 54.8 Å². The zero-order valence-electron chi connectivity index (χ0n) is 20.1. The Labute approximate surface area is 205 Å². The minimum absolute atomic E-state index is 0.0812. The first-order valence-corrected chi connectivity index (χ1v) is 11.9. The number of rotatable bonds is 4. The quantitative estimate of drug-likeness (QED) is 0.391. The Hall–Kier alpha value is -4.19. The monoisotopic (exact) mass is 464 g/mol. The number of aromatic nitrogens is 2. The van der Waals surface area contributed by atoms with E-state index in [0.29, 0.717) is 29.8 Å². The van der Waals surface area contributed by atoms with E-state index < -0.39 is 0 Å². The largest absolute Gasteiger partial charge is 0.346 e. The topological polar surface area (TPSA) is 78.1 Å². The van der Waals surface area contributed by atoms with Gasteiger partial charge in [0, 0.05) is 41.0 Å². The van der Waals surface area contributed by atoms with Crippen LogP contribution in [0.15, 0.2) is 72.8 Å². The highest BCUT2D eigenvalue weighted by atomic mass is 16.2. The molecule has 0 unspecified atom stereocenters. The molecule has 1 aromatic heterocycles. The Morgan fingerprint density at radius 1 is 0.971 bits per heavy atom. The molecule has 0 spiro atoms. The van der Waals surface area contributed by atoms with Crippen molar-refractivity contribution in [2.24, 2.45) is 0 Å². The highest BCUT2D eigenvalue weighted by Crippen LogP contribution is 2.35. The van der Waals surface area contributed by atoms with Crippen LogP contribution in [0.2, 0.25) is 0 Å². The molecule has 0 radical (unpaired) electrons. The van der Waals surface area contributed by atoms with Crippen molar-refractivity contribution in [3.8, 4) is 11.3 Å². The Balaban J connectivity index is 1.37. The number of carbonyl (C=O) groups is 2. The van der Waals surface area contributed by atoms with Crippen molar-refractivity contribution in [2.75, 3.05) is 16.8 Å². The summed E-state index contributed by atoms with van der Waals surface area (Å²) in [6, 6.07) is 22.6. The first-order chi connectivity index (χ1) is 16.9. The van der Waals surface area contributed by atoms with Crippen molar-refractivity contribution in [1.82, 2.24) is 9.97 Å². The summed E-state index contributed by atoms with van der Waals surface area (Å²) in [6.07, 6.45) is 0.694. The van der Waals surface area contributed by atoms with Gasteiger partial charge in [-0.1, -0.05) is 50.2 Å². The van der Waals surface area contributed by atoms with Crippen LogP contribution in [-0.4, -0.2) is 28.3 Å². The number of amides is 2. The summed E-state index contributed by atoms with van der Waals surface area (Å²) in [4.78, 5) is 36.2. The predicted octanol–water partition coefficient (Wildman–Crippen LogP) is 5.96. The summed E-state index contributed by atoms with van der Waals surface area (Å²) in [5.41, 5.74) is 6.64.